The summed E-state index contributed by atoms with van der Waals surface area (Å²) in [5.41, 5.74) is 0. The summed E-state index contributed by atoms with van der Waals surface area (Å²) in [5, 5.41) is 3.43. The molecule has 5 heteroatoms. The SMILES string of the molecule is CCS(=O)N1CCC2OCCNC2C1. The molecule has 4 nitrogen and oxygen atoms in total. The molecular weight excluding hydrogens is 200 g/mol. The van der Waals surface area contributed by atoms with Gasteiger partial charge in [-0.15, -0.1) is 0 Å². The van der Waals surface area contributed by atoms with E-state index in [2.05, 4.69) is 9.62 Å². The number of hydrogen-bond donors (Lipinski definition) is 1. The molecule has 0 spiro atoms. The number of nitrogens with one attached hydrogen (secondary N) is 1. The average molecular weight is 218 g/mol. The summed E-state index contributed by atoms with van der Waals surface area (Å²) in [6.45, 7) is 5.48. The molecule has 2 aliphatic rings. The first-order chi connectivity index (χ1) is 6.81. The van der Waals surface area contributed by atoms with Crippen molar-refractivity contribution in [3.63, 3.8) is 0 Å². The molecule has 82 valence electrons. The van der Waals surface area contributed by atoms with E-state index in [1.807, 2.05) is 6.92 Å². The predicted molar refractivity (Wildman–Crippen MR) is 56.4 cm³/mol. The van der Waals surface area contributed by atoms with E-state index < -0.39 is 11.0 Å². The molecule has 0 bridgehead atoms. The predicted octanol–water partition coefficient (Wildman–Crippen LogP) is -0.267. The van der Waals surface area contributed by atoms with Gasteiger partial charge in [-0.2, -0.15) is 0 Å². The minimum atomic E-state index is -0.791. The largest absolute Gasteiger partial charge is 0.375 e. The first-order valence-electron chi connectivity index (χ1n) is 5.29. The van der Waals surface area contributed by atoms with Crippen molar-refractivity contribution < 1.29 is 8.95 Å². The highest BCUT2D eigenvalue weighted by Gasteiger charge is 2.33. The minimum Gasteiger partial charge on any atom is -0.375 e. The quantitative estimate of drug-likeness (QED) is 0.694. The van der Waals surface area contributed by atoms with Crippen molar-refractivity contribution in [2.45, 2.75) is 25.5 Å². The van der Waals surface area contributed by atoms with Crippen LogP contribution in [0.1, 0.15) is 13.3 Å². The van der Waals surface area contributed by atoms with Crippen LogP contribution in [0.3, 0.4) is 0 Å². The van der Waals surface area contributed by atoms with Crippen molar-refractivity contribution in [3.05, 3.63) is 0 Å². The van der Waals surface area contributed by atoms with Gasteiger partial charge in [-0.05, 0) is 6.42 Å². The molecule has 3 atom stereocenters. The lowest BCUT2D eigenvalue weighted by molar-refractivity contribution is -0.0296. The second kappa shape index (κ2) is 4.70. The summed E-state index contributed by atoms with van der Waals surface area (Å²) >= 11 is 0. The zero-order valence-electron chi connectivity index (χ0n) is 8.57. The fraction of sp³-hybridized carbons (Fsp3) is 1.00. The Bertz CT molecular complexity index is 225. The van der Waals surface area contributed by atoms with Gasteiger partial charge >= 0.3 is 0 Å². The molecule has 0 amide bonds. The van der Waals surface area contributed by atoms with Crippen LogP contribution in [0.15, 0.2) is 0 Å². The van der Waals surface area contributed by atoms with Gasteiger partial charge < -0.3 is 10.1 Å². The summed E-state index contributed by atoms with van der Waals surface area (Å²) in [7, 11) is -0.791. The van der Waals surface area contributed by atoms with E-state index in [1.165, 1.54) is 0 Å². The maximum absolute atomic E-state index is 11.6. The van der Waals surface area contributed by atoms with Gasteiger partial charge in [-0.1, -0.05) is 6.92 Å². The minimum absolute atomic E-state index is 0.342. The van der Waals surface area contributed by atoms with E-state index in [-0.39, 0.29) is 0 Å². The van der Waals surface area contributed by atoms with Gasteiger partial charge in [0.05, 0.1) is 23.7 Å². The second-order valence-electron chi connectivity index (χ2n) is 3.76. The van der Waals surface area contributed by atoms with Crippen molar-refractivity contribution in [2.75, 3.05) is 32.0 Å². The van der Waals surface area contributed by atoms with Crippen LogP contribution in [0.4, 0.5) is 0 Å². The molecule has 0 aromatic carbocycles. The van der Waals surface area contributed by atoms with Crippen LogP contribution >= 0.6 is 0 Å². The number of hydrogen-bond acceptors (Lipinski definition) is 3. The third kappa shape index (κ3) is 2.16. The summed E-state index contributed by atoms with van der Waals surface area (Å²) in [6, 6.07) is 0.382. The van der Waals surface area contributed by atoms with E-state index >= 15 is 0 Å². The Balaban J connectivity index is 1.92. The van der Waals surface area contributed by atoms with Gasteiger partial charge in [0.2, 0.25) is 0 Å². The number of rotatable bonds is 2. The van der Waals surface area contributed by atoms with Crippen molar-refractivity contribution in [2.24, 2.45) is 0 Å². The first-order valence-corrected chi connectivity index (χ1v) is 6.57. The summed E-state index contributed by atoms with van der Waals surface area (Å²) in [5.74, 6) is 0.720. The van der Waals surface area contributed by atoms with Gasteiger partial charge in [0.1, 0.15) is 0 Å². The van der Waals surface area contributed by atoms with Crippen LogP contribution in [0, 0.1) is 0 Å². The summed E-state index contributed by atoms with van der Waals surface area (Å²) in [4.78, 5) is 0. The van der Waals surface area contributed by atoms with Crippen molar-refractivity contribution in [1.29, 1.82) is 0 Å². The average Bonchev–Trinajstić information content (AvgIpc) is 2.27. The van der Waals surface area contributed by atoms with E-state index in [9.17, 15) is 4.21 Å². The van der Waals surface area contributed by atoms with Crippen LogP contribution < -0.4 is 5.32 Å². The fourth-order valence-corrected chi connectivity index (χ4v) is 3.12. The molecule has 2 fully saturated rings. The Morgan fingerprint density at radius 1 is 1.64 bits per heavy atom. The molecule has 0 aromatic rings. The molecule has 2 heterocycles. The molecule has 14 heavy (non-hydrogen) atoms. The highest BCUT2D eigenvalue weighted by atomic mass is 32.2. The Morgan fingerprint density at radius 2 is 2.50 bits per heavy atom. The van der Waals surface area contributed by atoms with Gasteiger partial charge in [0.25, 0.3) is 0 Å². The van der Waals surface area contributed by atoms with Crippen molar-refractivity contribution in [3.8, 4) is 0 Å². The Labute approximate surface area is 87.6 Å². The number of nitrogens with zero attached hydrogens (tertiary/aromatic N) is 1. The van der Waals surface area contributed by atoms with Crippen LogP contribution in [-0.4, -0.2) is 52.7 Å². The van der Waals surface area contributed by atoms with Crippen LogP contribution in [0.2, 0.25) is 0 Å². The monoisotopic (exact) mass is 218 g/mol. The number of morpholine rings is 1. The van der Waals surface area contributed by atoms with E-state index in [0.717, 1.165) is 38.4 Å². The molecule has 3 unspecified atom stereocenters. The van der Waals surface area contributed by atoms with Gasteiger partial charge in [0.15, 0.2) is 0 Å². The Hall–Kier alpha value is 0.0300. The van der Waals surface area contributed by atoms with E-state index in [0.29, 0.717) is 12.1 Å². The third-order valence-electron chi connectivity index (χ3n) is 2.89. The first kappa shape index (κ1) is 10.5. The molecule has 0 aliphatic carbocycles. The lowest BCUT2D eigenvalue weighted by atomic mass is 10.0. The second-order valence-corrected chi connectivity index (χ2v) is 5.49. The molecule has 2 rings (SSSR count). The van der Waals surface area contributed by atoms with Gasteiger partial charge in [-0.25, -0.2) is 8.51 Å². The zero-order valence-corrected chi connectivity index (χ0v) is 9.39. The highest BCUT2D eigenvalue weighted by molar-refractivity contribution is 7.82. The lowest BCUT2D eigenvalue weighted by Crippen LogP contribution is -2.58. The standard InChI is InChI=1S/C9H18N2O2S/c1-2-14(12)11-5-3-9-8(7-11)10-4-6-13-9/h8-10H,2-7H2,1H3. The van der Waals surface area contributed by atoms with Crippen molar-refractivity contribution in [1.82, 2.24) is 9.62 Å². The Morgan fingerprint density at radius 3 is 3.29 bits per heavy atom. The molecular formula is C9H18N2O2S. The Kier molecular flexibility index (Phi) is 3.54. The molecule has 0 aromatic heterocycles. The normalized spacial score (nSPS) is 36.4. The van der Waals surface area contributed by atoms with Gasteiger partial charge in [-0.3, -0.25) is 0 Å². The van der Waals surface area contributed by atoms with Crippen LogP contribution in [0.5, 0.6) is 0 Å². The van der Waals surface area contributed by atoms with Crippen molar-refractivity contribution >= 4 is 11.0 Å². The van der Waals surface area contributed by atoms with Crippen LogP contribution in [-0.2, 0) is 15.7 Å². The molecule has 2 aliphatic heterocycles. The fourth-order valence-electron chi connectivity index (χ4n) is 2.12. The molecule has 1 N–H and O–H groups in total. The number of fused-ring (bicyclic) bond motifs is 1. The van der Waals surface area contributed by atoms with E-state index in [1.54, 1.807) is 0 Å². The summed E-state index contributed by atoms with van der Waals surface area (Å²) < 4.78 is 19.3. The smallest absolute Gasteiger partial charge is 0.0940 e. The molecule has 0 saturated carbocycles. The topological polar surface area (TPSA) is 41.6 Å². The van der Waals surface area contributed by atoms with E-state index in [4.69, 9.17) is 4.74 Å². The lowest BCUT2D eigenvalue weighted by Gasteiger charge is -2.40. The number of piperidine rings is 1. The maximum Gasteiger partial charge on any atom is 0.0940 e. The van der Waals surface area contributed by atoms with Gasteiger partial charge in [0, 0.05) is 31.4 Å². The zero-order chi connectivity index (χ0) is 9.97. The van der Waals surface area contributed by atoms with Crippen LogP contribution in [0.25, 0.3) is 0 Å². The maximum atomic E-state index is 11.6. The molecule has 0 radical (unpaired) electrons. The third-order valence-corrected chi connectivity index (χ3v) is 4.29. The highest BCUT2D eigenvalue weighted by Crippen LogP contribution is 2.18. The summed E-state index contributed by atoms with van der Waals surface area (Å²) in [6.07, 6.45) is 1.34. The number of ether oxygens (including phenoxy) is 1. The molecule has 2 saturated heterocycles.